The van der Waals surface area contributed by atoms with Crippen LogP contribution in [0.5, 0.6) is 5.75 Å². The van der Waals surface area contributed by atoms with Crippen LogP contribution in [0.25, 0.3) is 0 Å². The normalized spacial score (nSPS) is 11.4. The predicted octanol–water partition coefficient (Wildman–Crippen LogP) is 2.72. The maximum Gasteiger partial charge on any atom is 0.358 e. The highest BCUT2D eigenvalue weighted by Gasteiger charge is 2.14. The van der Waals surface area contributed by atoms with Gasteiger partial charge in [0.1, 0.15) is 10.6 Å². The van der Waals surface area contributed by atoms with Crippen molar-refractivity contribution in [2.75, 3.05) is 0 Å². The standard InChI is InChI=1S/C14H13NO4S/c1-12-7-9-14(10-8-12)20(16,17)19-15-11-18-13-5-3-2-4-6-13/h2-11H,1H3. The topological polar surface area (TPSA) is 65.0 Å². The quantitative estimate of drug-likeness (QED) is 0.482. The molecular weight excluding hydrogens is 278 g/mol. The van der Waals surface area contributed by atoms with Crippen molar-refractivity contribution in [1.82, 2.24) is 0 Å². The molecule has 0 aliphatic rings. The SMILES string of the molecule is Cc1ccc(S(=O)(=O)ON=COc2ccccc2)cc1. The highest BCUT2D eigenvalue weighted by atomic mass is 32.2. The number of nitrogens with zero attached hydrogens (tertiary/aromatic N) is 1. The molecule has 2 aromatic carbocycles. The predicted molar refractivity (Wildman–Crippen MR) is 75.0 cm³/mol. The average Bonchev–Trinajstić information content (AvgIpc) is 2.45. The molecule has 0 atom stereocenters. The minimum Gasteiger partial charge on any atom is -0.442 e. The molecule has 0 N–H and O–H groups in total. The largest absolute Gasteiger partial charge is 0.442 e. The number of oxime groups is 1. The minimum absolute atomic E-state index is 0.0416. The van der Waals surface area contributed by atoms with Gasteiger partial charge in [0.25, 0.3) is 0 Å². The van der Waals surface area contributed by atoms with Crippen molar-refractivity contribution in [2.45, 2.75) is 11.8 Å². The summed E-state index contributed by atoms with van der Waals surface area (Å²) in [7, 11) is -3.91. The zero-order valence-electron chi connectivity index (χ0n) is 10.8. The van der Waals surface area contributed by atoms with Gasteiger partial charge in [-0.2, -0.15) is 8.42 Å². The molecule has 0 fully saturated rings. The fourth-order valence-corrected chi connectivity index (χ4v) is 2.11. The van der Waals surface area contributed by atoms with Crippen LogP contribution in [-0.4, -0.2) is 14.8 Å². The fraction of sp³-hybridized carbons (Fsp3) is 0.0714. The van der Waals surface area contributed by atoms with Crippen molar-refractivity contribution in [2.24, 2.45) is 5.16 Å². The molecule has 0 spiro atoms. The first-order valence-corrected chi connectivity index (χ1v) is 7.23. The van der Waals surface area contributed by atoms with E-state index >= 15 is 0 Å². The molecule has 0 aliphatic heterocycles. The van der Waals surface area contributed by atoms with E-state index in [4.69, 9.17) is 4.74 Å². The smallest absolute Gasteiger partial charge is 0.358 e. The monoisotopic (exact) mass is 291 g/mol. The molecule has 2 rings (SSSR count). The van der Waals surface area contributed by atoms with Crippen LogP contribution in [0.2, 0.25) is 0 Å². The number of ether oxygens (including phenoxy) is 1. The summed E-state index contributed by atoms with van der Waals surface area (Å²) in [6, 6.07) is 15.1. The van der Waals surface area contributed by atoms with Gasteiger partial charge in [-0.15, -0.1) is 0 Å². The van der Waals surface area contributed by atoms with E-state index < -0.39 is 10.1 Å². The second-order valence-corrected chi connectivity index (χ2v) is 5.51. The molecule has 6 heteroatoms. The number of benzene rings is 2. The third-order valence-corrected chi connectivity index (χ3v) is 3.56. The molecule has 0 aromatic heterocycles. The van der Waals surface area contributed by atoms with E-state index in [0.717, 1.165) is 12.0 Å². The summed E-state index contributed by atoms with van der Waals surface area (Å²) < 4.78 is 33.1. The molecule has 2 aromatic rings. The van der Waals surface area contributed by atoms with Gasteiger partial charge < -0.3 is 4.74 Å². The summed E-state index contributed by atoms with van der Waals surface area (Å²) in [5, 5.41) is 3.30. The fourth-order valence-electron chi connectivity index (χ4n) is 1.40. The lowest BCUT2D eigenvalue weighted by Crippen LogP contribution is -2.03. The summed E-state index contributed by atoms with van der Waals surface area (Å²) in [5.41, 5.74) is 0.958. The van der Waals surface area contributed by atoms with E-state index in [1.54, 1.807) is 36.4 Å². The van der Waals surface area contributed by atoms with Crippen LogP contribution in [0.1, 0.15) is 5.56 Å². The number of para-hydroxylation sites is 1. The van der Waals surface area contributed by atoms with E-state index in [1.807, 2.05) is 13.0 Å². The maximum absolute atomic E-state index is 11.8. The maximum atomic E-state index is 11.8. The Kier molecular flexibility index (Phi) is 4.37. The Balaban J connectivity index is 1.97. The zero-order valence-corrected chi connectivity index (χ0v) is 11.6. The van der Waals surface area contributed by atoms with Crippen LogP contribution in [-0.2, 0) is 14.4 Å². The van der Waals surface area contributed by atoms with E-state index in [2.05, 4.69) is 9.44 Å². The Morgan fingerprint density at radius 3 is 2.30 bits per heavy atom. The van der Waals surface area contributed by atoms with Gasteiger partial charge in [0, 0.05) is 0 Å². The number of hydrogen-bond acceptors (Lipinski definition) is 5. The summed E-state index contributed by atoms with van der Waals surface area (Å²) >= 11 is 0. The highest BCUT2D eigenvalue weighted by Crippen LogP contribution is 2.13. The van der Waals surface area contributed by atoms with Gasteiger partial charge in [-0.05, 0) is 36.3 Å². The molecule has 20 heavy (non-hydrogen) atoms. The van der Waals surface area contributed by atoms with Gasteiger partial charge in [0.15, 0.2) is 0 Å². The van der Waals surface area contributed by atoms with Crippen molar-refractivity contribution in [3.8, 4) is 5.75 Å². The zero-order chi connectivity index (χ0) is 14.4. The Morgan fingerprint density at radius 1 is 1.00 bits per heavy atom. The molecule has 0 amide bonds. The molecular formula is C14H13NO4S. The number of rotatable bonds is 5. The van der Waals surface area contributed by atoms with Crippen molar-refractivity contribution in [3.05, 3.63) is 60.2 Å². The summed E-state index contributed by atoms with van der Waals surface area (Å²) in [6.45, 7) is 1.86. The van der Waals surface area contributed by atoms with Crippen molar-refractivity contribution < 1.29 is 17.4 Å². The lowest BCUT2D eigenvalue weighted by Gasteiger charge is -2.01. The van der Waals surface area contributed by atoms with E-state index in [0.29, 0.717) is 5.75 Å². The van der Waals surface area contributed by atoms with Gasteiger partial charge in [-0.25, -0.2) is 0 Å². The number of hydrogen-bond donors (Lipinski definition) is 0. The van der Waals surface area contributed by atoms with Gasteiger partial charge in [0.05, 0.1) is 0 Å². The summed E-state index contributed by atoms with van der Waals surface area (Å²) in [5.74, 6) is 0.535. The van der Waals surface area contributed by atoms with Crippen LogP contribution in [0, 0.1) is 6.92 Å². The lowest BCUT2D eigenvalue weighted by atomic mass is 10.2. The molecule has 0 saturated heterocycles. The van der Waals surface area contributed by atoms with E-state index in [1.165, 1.54) is 12.1 Å². The van der Waals surface area contributed by atoms with Crippen LogP contribution in [0.15, 0.2) is 64.6 Å². The van der Waals surface area contributed by atoms with Gasteiger partial charge in [-0.3, -0.25) is 4.28 Å². The van der Waals surface area contributed by atoms with Crippen LogP contribution >= 0.6 is 0 Å². The Labute approximate surface area is 117 Å². The molecule has 0 heterocycles. The van der Waals surface area contributed by atoms with Gasteiger partial charge >= 0.3 is 10.1 Å². The molecule has 0 saturated carbocycles. The second-order valence-electron chi connectivity index (χ2n) is 3.98. The summed E-state index contributed by atoms with van der Waals surface area (Å²) in [6.07, 6.45) is 0.932. The number of aryl methyl sites for hydroxylation is 1. The molecule has 5 nitrogen and oxygen atoms in total. The van der Waals surface area contributed by atoms with Crippen LogP contribution in [0.4, 0.5) is 0 Å². The highest BCUT2D eigenvalue weighted by molar-refractivity contribution is 7.86. The van der Waals surface area contributed by atoms with Crippen LogP contribution < -0.4 is 4.74 Å². The minimum atomic E-state index is -3.91. The molecule has 0 aliphatic carbocycles. The van der Waals surface area contributed by atoms with E-state index in [-0.39, 0.29) is 4.90 Å². The third kappa shape index (κ3) is 3.83. The molecule has 0 radical (unpaired) electrons. The van der Waals surface area contributed by atoms with Crippen molar-refractivity contribution in [3.63, 3.8) is 0 Å². The van der Waals surface area contributed by atoms with Gasteiger partial charge in [-0.1, -0.05) is 35.9 Å². The first kappa shape index (κ1) is 14.1. The Hall–Kier alpha value is -2.34. The summed E-state index contributed by atoms with van der Waals surface area (Å²) in [4.78, 5) is 0.0416. The molecule has 0 unspecified atom stereocenters. The molecule has 0 bridgehead atoms. The Bertz CT molecular complexity index is 679. The van der Waals surface area contributed by atoms with E-state index in [9.17, 15) is 8.42 Å². The lowest BCUT2D eigenvalue weighted by molar-refractivity contribution is 0.330. The van der Waals surface area contributed by atoms with Crippen molar-refractivity contribution >= 4 is 16.5 Å². The third-order valence-electron chi connectivity index (χ3n) is 2.43. The van der Waals surface area contributed by atoms with Crippen molar-refractivity contribution in [1.29, 1.82) is 0 Å². The Morgan fingerprint density at radius 2 is 1.65 bits per heavy atom. The van der Waals surface area contributed by atoms with Gasteiger partial charge in [0.2, 0.25) is 6.40 Å². The molecule has 104 valence electrons. The first-order chi connectivity index (χ1) is 9.58. The first-order valence-electron chi connectivity index (χ1n) is 5.82. The van der Waals surface area contributed by atoms with Crippen LogP contribution in [0.3, 0.4) is 0 Å². The second kappa shape index (κ2) is 6.21. The average molecular weight is 291 g/mol.